The summed E-state index contributed by atoms with van der Waals surface area (Å²) in [5, 5.41) is 4.19. The molecule has 2 heterocycles. The van der Waals surface area contributed by atoms with Crippen LogP contribution in [0.4, 0.5) is 0 Å². The van der Waals surface area contributed by atoms with Crippen LogP contribution in [-0.2, 0) is 6.54 Å². The second kappa shape index (κ2) is 7.20. The molecule has 5 heteroatoms. The highest BCUT2D eigenvalue weighted by atomic mass is 127. The predicted octanol–water partition coefficient (Wildman–Crippen LogP) is 2.91. The molecule has 1 fully saturated rings. The van der Waals surface area contributed by atoms with Crippen LogP contribution in [0.25, 0.3) is 0 Å². The molecule has 0 aromatic carbocycles. The molecule has 3 nitrogen and oxygen atoms in total. The Bertz CT molecular complexity index is 343. The zero-order valence-electron chi connectivity index (χ0n) is 10.1. The Kier molecular flexibility index (Phi) is 6.26. The number of thiophene rings is 1. The first kappa shape index (κ1) is 14.8. The van der Waals surface area contributed by atoms with E-state index in [-0.39, 0.29) is 24.0 Å². The number of halogens is 1. The fourth-order valence-electron chi connectivity index (χ4n) is 1.89. The number of rotatable bonds is 2. The molecule has 17 heavy (non-hydrogen) atoms. The van der Waals surface area contributed by atoms with Crippen LogP contribution >= 0.6 is 35.3 Å². The van der Waals surface area contributed by atoms with Crippen LogP contribution in [0.5, 0.6) is 0 Å². The van der Waals surface area contributed by atoms with Gasteiger partial charge < -0.3 is 10.6 Å². The largest absolute Gasteiger partial charge is 0.370 e. The van der Waals surface area contributed by atoms with Gasteiger partial charge in [-0.3, -0.25) is 0 Å². The molecule has 0 unspecified atom stereocenters. The lowest BCUT2D eigenvalue weighted by Crippen LogP contribution is -2.42. The van der Waals surface area contributed by atoms with Crippen molar-refractivity contribution in [1.29, 1.82) is 0 Å². The minimum Gasteiger partial charge on any atom is -0.370 e. The van der Waals surface area contributed by atoms with Gasteiger partial charge in [-0.1, -0.05) is 6.92 Å². The molecule has 2 rings (SSSR count). The number of hydrogen-bond acceptors (Lipinski definition) is 2. The van der Waals surface area contributed by atoms with Crippen molar-refractivity contribution in [3.8, 4) is 0 Å². The van der Waals surface area contributed by atoms with Gasteiger partial charge in [0.05, 0.1) is 6.54 Å². The Hall–Kier alpha value is -0.300. The van der Waals surface area contributed by atoms with E-state index < -0.39 is 0 Å². The fraction of sp³-hybridized carbons (Fsp3) is 0.583. The maximum atomic E-state index is 5.99. The van der Waals surface area contributed by atoms with Crippen molar-refractivity contribution >= 4 is 41.3 Å². The lowest BCUT2D eigenvalue weighted by atomic mass is 10.00. The molecule has 0 bridgehead atoms. The number of hydrogen-bond donors (Lipinski definition) is 1. The van der Waals surface area contributed by atoms with Crippen LogP contribution in [0.15, 0.2) is 21.8 Å². The average Bonchev–Trinajstić information content (AvgIpc) is 2.80. The minimum absolute atomic E-state index is 0. The van der Waals surface area contributed by atoms with Gasteiger partial charge >= 0.3 is 0 Å². The van der Waals surface area contributed by atoms with E-state index in [4.69, 9.17) is 5.73 Å². The van der Waals surface area contributed by atoms with Gasteiger partial charge in [-0.15, -0.1) is 24.0 Å². The Labute approximate surface area is 124 Å². The van der Waals surface area contributed by atoms with Gasteiger partial charge in [0.1, 0.15) is 0 Å². The van der Waals surface area contributed by atoms with E-state index in [9.17, 15) is 0 Å². The molecule has 2 N–H and O–H groups in total. The van der Waals surface area contributed by atoms with Gasteiger partial charge in [0.25, 0.3) is 0 Å². The van der Waals surface area contributed by atoms with Crippen molar-refractivity contribution in [1.82, 2.24) is 4.90 Å². The molecular weight excluding hydrogens is 345 g/mol. The predicted molar refractivity (Wildman–Crippen MR) is 85.0 cm³/mol. The second-order valence-electron chi connectivity index (χ2n) is 4.48. The zero-order chi connectivity index (χ0) is 11.4. The van der Waals surface area contributed by atoms with Crippen LogP contribution in [0.2, 0.25) is 0 Å². The summed E-state index contributed by atoms with van der Waals surface area (Å²) in [6.07, 6.45) is 2.46. The normalized spacial score (nSPS) is 17.9. The van der Waals surface area contributed by atoms with Crippen molar-refractivity contribution in [3.05, 3.63) is 22.4 Å². The number of likely N-dealkylation sites (tertiary alicyclic amines) is 1. The molecule has 1 saturated heterocycles. The van der Waals surface area contributed by atoms with Crippen LogP contribution < -0.4 is 5.73 Å². The molecule has 0 spiro atoms. The fourth-order valence-corrected chi connectivity index (χ4v) is 2.55. The first-order valence-corrected chi connectivity index (χ1v) is 6.76. The highest BCUT2D eigenvalue weighted by molar-refractivity contribution is 14.0. The summed E-state index contributed by atoms with van der Waals surface area (Å²) >= 11 is 1.70. The van der Waals surface area contributed by atoms with Crippen molar-refractivity contribution in [2.45, 2.75) is 26.3 Å². The van der Waals surface area contributed by atoms with E-state index in [1.54, 1.807) is 11.3 Å². The summed E-state index contributed by atoms with van der Waals surface area (Å²) < 4.78 is 0. The molecule has 1 aliphatic rings. The van der Waals surface area contributed by atoms with Gasteiger partial charge in [-0.25, -0.2) is 4.99 Å². The standard InChI is InChI=1S/C12H19N3S.HI/c1-10-2-5-15(6-3-10)12(13)14-8-11-4-7-16-9-11;/h4,7,9-10H,2-3,5-6,8H2,1H3,(H2,13,14);1H. The summed E-state index contributed by atoms with van der Waals surface area (Å²) in [6.45, 7) is 5.12. The molecule has 1 aliphatic heterocycles. The summed E-state index contributed by atoms with van der Waals surface area (Å²) in [5.74, 6) is 1.54. The molecule has 0 radical (unpaired) electrons. The van der Waals surface area contributed by atoms with Gasteiger partial charge in [0.15, 0.2) is 5.96 Å². The maximum Gasteiger partial charge on any atom is 0.191 e. The Balaban J connectivity index is 0.00000144. The van der Waals surface area contributed by atoms with Gasteiger partial charge in [0, 0.05) is 13.1 Å². The zero-order valence-corrected chi connectivity index (χ0v) is 13.3. The third kappa shape index (κ3) is 4.46. The van der Waals surface area contributed by atoms with Gasteiger partial charge in [0.2, 0.25) is 0 Å². The SMILES string of the molecule is CC1CCN(C(N)=NCc2ccsc2)CC1.I. The summed E-state index contributed by atoms with van der Waals surface area (Å²) in [7, 11) is 0. The molecule has 1 aromatic rings. The molecular formula is C12H20IN3S. The van der Waals surface area contributed by atoms with Gasteiger partial charge in [-0.05, 0) is 41.1 Å². The Morgan fingerprint density at radius 3 is 2.82 bits per heavy atom. The number of guanidine groups is 1. The first-order valence-electron chi connectivity index (χ1n) is 5.81. The number of aliphatic imine (C=N–C) groups is 1. The third-order valence-corrected chi connectivity index (χ3v) is 3.84. The van der Waals surface area contributed by atoms with E-state index >= 15 is 0 Å². The van der Waals surface area contributed by atoms with E-state index in [0.717, 1.165) is 19.0 Å². The molecule has 96 valence electrons. The monoisotopic (exact) mass is 365 g/mol. The molecule has 1 aromatic heterocycles. The lowest BCUT2D eigenvalue weighted by Gasteiger charge is -2.30. The summed E-state index contributed by atoms with van der Waals surface area (Å²) in [5.41, 5.74) is 7.24. The van der Waals surface area contributed by atoms with Crippen molar-refractivity contribution in [2.75, 3.05) is 13.1 Å². The Morgan fingerprint density at radius 2 is 2.24 bits per heavy atom. The molecule has 0 atom stereocenters. The number of nitrogens with zero attached hydrogens (tertiary/aromatic N) is 2. The average molecular weight is 365 g/mol. The summed E-state index contributed by atoms with van der Waals surface area (Å²) in [4.78, 5) is 6.64. The lowest BCUT2D eigenvalue weighted by molar-refractivity contribution is 0.277. The first-order chi connectivity index (χ1) is 7.75. The topological polar surface area (TPSA) is 41.6 Å². The van der Waals surface area contributed by atoms with Crippen LogP contribution in [0.3, 0.4) is 0 Å². The molecule has 0 saturated carbocycles. The van der Waals surface area contributed by atoms with E-state index in [1.807, 2.05) is 0 Å². The quantitative estimate of drug-likeness (QED) is 0.498. The van der Waals surface area contributed by atoms with E-state index in [2.05, 4.69) is 33.6 Å². The van der Waals surface area contributed by atoms with E-state index in [0.29, 0.717) is 12.5 Å². The Morgan fingerprint density at radius 1 is 1.53 bits per heavy atom. The highest BCUT2D eigenvalue weighted by Crippen LogP contribution is 2.15. The van der Waals surface area contributed by atoms with Crippen LogP contribution in [-0.4, -0.2) is 23.9 Å². The molecule has 0 aliphatic carbocycles. The number of nitrogens with two attached hydrogens (primary N) is 1. The molecule has 0 amide bonds. The highest BCUT2D eigenvalue weighted by Gasteiger charge is 2.16. The van der Waals surface area contributed by atoms with E-state index in [1.165, 1.54) is 18.4 Å². The summed E-state index contributed by atoms with van der Waals surface area (Å²) in [6, 6.07) is 2.10. The van der Waals surface area contributed by atoms with Crippen LogP contribution in [0, 0.1) is 5.92 Å². The third-order valence-electron chi connectivity index (χ3n) is 3.11. The second-order valence-corrected chi connectivity index (χ2v) is 5.26. The maximum absolute atomic E-state index is 5.99. The van der Waals surface area contributed by atoms with Crippen molar-refractivity contribution in [3.63, 3.8) is 0 Å². The van der Waals surface area contributed by atoms with Gasteiger partial charge in [-0.2, -0.15) is 11.3 Å². The minimum atomic E-state index is 0. The smallest absolute Gasteiger partial charge is 0.191 e. The van der Waals surface area contributed by atoms with Crippen LogP contribution in [0.1, 0.15) is 25.3 Å². The van der Waals surface area contributed by atoms with Crippen molar-refractivity contribution < 1.29 is 0 Å². The van der Waals surface area contributed by atoms with Crippen molar-refractivity contribution in [2.24, 2.45) is 16.6 Å². The number of piperidine rings is 1.